The van der Waals surface area contributed by atoms with Crippen molar-refractivity contribution in [2.24, 2.45) is 0 Å². The number of hydrogen-bond donors (Lipinski definition) is 0. The number of nitrogens with zero attached hydrogens (tertiary/aromatic N) is 1. The number of pyridine rings is 1. The molecule has 66 valence electrons. The quantitative estimate of drug-likeness (QED) is 0.507. The summed E-state index contributed by atoms with van der Waals surface area (Å²) in [5.74, 6) is -0.387. The third-order valence-electron chi connectivity index (χ3n) is 1.46. The normalized spacial score (nSPS) is 8.69. The first-order valence-electron chi connectivity index (χ1n) is 3.68. The van der Waals surface area contributed by atoms with Crippen LogP contribution in [0.5, 0.6) is 0 Å². The first-order valence-corrected chi connectivity index (χ1v) is 3.68. The average Bonchev–Trinajstić information content (AvgIpc) is 2.18. The number of carbonyl (C=O) groups is 1. The molecule has 0 N–H and O–H groups in total. The molecule has 0 saturated carbocycles. The minimum Gasteiger partial charge on any atom is -0.465 e. The van der Waals surface area contributed by atoms with E-state index in [1.165, 1.54) is 13.3 Å². The van der Waals surface area contributed by atoms with Crippen LogP contribution in [-0.2, 0) is 4.74 Å². The molecule has 0 amide bonds. The zero-order chi connectivity index (χ0) is 9.68. The second-order valence-corrected chi connectivity index (χ2v) is 2.31. The molecule has 1 aromatic rings. The summed E-state index contributed by atoms with van der Waals surface area (Å²) in [7, 11) is 1.33. The van der Waals surface area contributed by atoms with Crippen LogP contribution in [0.1, 0.15) is 16.1 Å². The van der Waals surface area contributed by atoms with Gasteiger partial charge >= 0.3 is 5.97 Å². The zero-order valence-corrected chi connectivity index (χ0v) is 7.28. The molecule has 13 heavy (non-hydrogen) atoms. The van der Waals surface area contributed by atoms with Gasteiger partial charge in [-0.05, 0) is 12.1 Å². The standard InChI is InChI=1S/C10H9NO2/c1-3-4-9-6-5-8(7-11-9)10(12)13-2/h4-7H,1H2,2H3. The highest BCUT2D eigenvalue weighted by Gasteiger charge is 2.03. The topological polar surface area (TPSA) is 39.2 Å². The Hall–Kier alpha value is -1.86. The van der Waals surface area contributed by atoms with Crippen molar-refractivity contribution in [2.75, 3.05) is 7.11 Å². The number of hydrogen-bond acceptors (Lipinski definition) is 3. The van der Waals surface area contributed by atoms with Crippen molar-refractivity contribution in [3.63, 3.8) is 0 Å². The molecule has 0 saturated heterocycles. The summed E-state index contributed by atoms with van der Waals surface area (Å²) in [5.41, 5.74) is 3.74. The molecular weight excluding hydrogens is 166 g/mol. The largest absolute Gasteiger partial charge is 0.465 e. The van der Waals surface area contributed by atoms with Crippen molar-refractivity contribution in [1.82, 2.24) is 4.98 Å². The van der Waals surface area contributed by atoms with Gasteiger partial charge in [0.1, 0.15) is 0 Å². The Bertz CT molecular complexity index is 348. The molecule has 0 fully saturated rings. The third kappa shape index (κ3) is 2.29. The van der Waals surface area contributed by atoms with Crippen molar-refractivity contribution in [3.05, 3.63) is 41.9 Å². The molecule has 3 nitrogen and oxygen atoms in total. The molecule has 0 radical (unpaired) electrons. The number of aromatic nitrogens is 1. The predicted molar refractivity (Wildman–Crippen MR) is 49.2 cm³/mol. The van der Waals surface area contributed by atoms with E-state index in [1.807, 2.05) is 0 Å². The van der Waals surface area contributed by atoms with Crippen LogP contribution in [0.3, 0.4) is 0 Å². The fourth-order valence-corrected chi connectivity index (χ4v) is 0.834. The van der Waals surface area contributed by atoms with Crippen LogP contribution >= 0.6 is 0 Å². The second kappa shape index (κ2) is 4.24. The van der Waals surface area contributed by atoms with E-state index in [-0.39, 0.29) is 5.97 Å². The number of rotatable bonds is 2. The minimum atomic E-state index is -0.387. The van der Waals surface area contributed by atoms with Gasteiger partial charge in [0.05, 0.1) is 18.4 Å². The Balaban J connectivity index is 2.93. The Morgan fingerprint density at radius 3 is 2.92 bits per heavy atom. The molecule has 0 bridgehead atoms. The van der Waals surface area contributed by atoms with Gasteiger partial charge in [0.2, 0.25) is 0 Å². The molecule has 0 unspecified atom stereocenters. The highest BCUT2D eigenvalue weighted by molar-refractivity contribution is 5.88. The van der Waals surface area contributed by atoms with Crippen molar-refractivity contribution < 1.29 is 9.53 Å². The lowest BCUT2D eigenvalue weighted by molar-refractivity contribution is 0.0600. The molecule has 0 aromatic carbocycles. The molecule has 0 atom stereocenters. The Morgan fingerprint density at radius 2 is 2.46 bits per heavy atom. The second-order valence-electron chi connectivity index (χ2n) is 2.31. The SMILES string of the molecule is C=C=Cc1ccc(C(=O)OC)cn1. The highest BCUT2D eigenvalue weighted by atomic mass is 16.5. The van der Waals surface area contributed by atoms with Crippen molar-refractivity contribution >= 4 is 12.0 Å². The molecular formula is C10H9NO2. The summed E-state index contributed by atoms with van der Waals surface area (Å²) in [4.78, 5) is 15.0. The summed E-state index contributed by atoms with van der Waals surface area (Å²) in [5, 5.41) is 0. The smallest absolute Gasteiger partial charge is 0.339 e. The third-order valence-corrected chi connectivity index (χ3v) is 1.46. The van der Waals surface area contributed by atoms with E-state index in [4.69, 9.17) is 0 Å². The van der Waals surface area contributed by atoms with Gasteiger partial charge < -0.3 is 4.74 Å². The predicted octanol–water partition coefficient (Wildman–Crippen LogP) is 1.67. The van der Waals surface area contributed by atoms with E-state index >= 15 is 0 Å². The number of methoxy groups -OCH3 is 1. The van der Waals surface area contributed by atoms with Crippen LogP contribution in [0.4, 0.5) is 0 Å². The lowest BCUT2D eigenvalue weighted by Crippen LogP contribution is -2.01. The zero-order valence-electron chi connectivity index (χ0n) is 7.28. The lowest BCUT2D eigenvalue weighted by atomic mass is 10.2. The van der Waals surface area contributed by atoms with Crippen LogP contribution in [-0.4, -0.2) is 18.1 Å². The minimum absolute atomic E-state index is 0.387. The number of carbonyl (C=O) groups excluding carboxylic acids is 1. The van der Waals surface area contributed by atoms with Gasteiger partial charge in [-0.3, -0.25) is 4.98 Å². The summed E-state index contributed by atoms with van der Waals surface area (Å²) in [6.07, 6.45) is 3.08. The number of ether oxygens (including phenoxy) is 1. The van der Waals surface area contributed by atoms with Gasteiger partial charge in [-0.2, -0.15) is 0 Å². The molecule has 0 aliphatic carbocycles. The molecule has 1 rings (SSSR count). The molecule has 3 heteroatoms. The van der Waals surface area contributed by atoms with Crippen LogP contribution in [0.25, 0.3) is 6.08 Å². The van der Waals surface area contributed by atoms with Gasteiger partial charge in [-0.25, -0.2) is 4.79 Å². The van der Waals surface area contributed by atoms with Crippen LogP contribution in [0.15, 0.2) is 30.6 Å². The maximum absolute atomic E-state index is 11.0. The fraction of sp³-hybridized carbons (Fsp3) is 0.100. The first kappa shape index (κ1) is 9.23. The molecule has 0 aliphatic heterocycles. The van der Waals surface area contributed by atoms with E-state index < -0.39 is 0 Å². The maximum atomic E-state index is 11.0. The van der Waals surface area contributed by atoms with E-state index in [0.717, 1.165) is 0 Å². The number of esters is 1. The van der Waals surface area contributed by atoms with Gasteiger partial charge in [-0.1, -0.05) is 6.58 Å². The molecule has 1 aromatic heterocycles. The maximum Gasteiger partial charge on any atom is 0.339 e. The van der Waals surface area contributed by atoms with Crippen LogP contribution in [0.2, 0.25) is 0 Å². The van der Waals surface area contributed by atoms with Crippen LogP contribution in [0, 0.1) is 0 Å². The van der Waals surface area contributed by atoms with E-state index in [2.05, 4.69) is 22.0 Å². The van der Waals surface area contributed by atoms with Crippen LogP contribution < -0.4 is 0 Å². The molecule has 0 spiro atoms. The monoisotopic (exact) mass is 175 g/mol. The van der Waals surface area contributed by atoms with Crippen molar-refractivity contribution in [3.8, 4) is 0 Å². The van der Waals surface area contributed by atoms with Crippen molar-refractivity contribution in [1.29, 1.82) is 0 Å². The summed E-state index contributed by atoms with van der Waals surface area (Å²) in [6.45, 7) is 3.42. The average molecular weight is 175 g/mol. The Labute approximate surface area is 76.4 Å². The first-order chi connectivity index (χ1) is 6.27. The van der Waals surface area contributed by atoms with E-state index in [1.54, 1.807) is 18.2 Å². The summed E-state index contributed by atoms with van der Waals surface area (Å²) in [6, 6.07) is 3.34. The summed E-state index contributed by atoms with van der Waals surface area (Å²) >= 11 is 0. The van der Waals surface area contributed by atoms with E-state index in [0.29, 0.717) is 11.3 Å². The fourth-order valence-electron chi connectivity index (χ4n) is 0.834. The lowest BCUT2D eigenvalue weighted by Gasteiger charge is -1.97. The van der Waals surface area contributed by atoms with Gasteiger partial charge in [0.15, 0.2) is 0 Å². The van der Waals surface area contributed by atoms with Gasteiger partial charge in [-0.15, -0.1) is 5.73 Å². The summed E-state index contributed by atoms with van der Waals surface area (Å²) < 4.78 is 4.52. The van der Waals surface area contributed by atoms with Gasteiger partial charge in [0.25, 0.3) is 0 Å². The Kier molecular flexibility index (Phi) is 3.01. The van der Waals surface area contributed by atoms with Gasteiger partial charge in [0, 0.05) is 12.3 Å². The molecule has 0 aliphatic rings. The van der Waals surface area contributed by atoms with E-state index in [9.17, 15) is 4.79 Å². The molecule has 1 heterocycles. The highest BCUT2D eigenvalue weighted by Crippen LogP contribution is 2.02. The Morgan fingerprint density at radius 1 is 1.69 bits per heavy atom. The van der Waals surface area contributed by atoms with Crippen molar-refractivity contribution in [2.45, 2.75) is 0 Å².